The Balaban J connectivity index is 2.11. The Labute approximate surface area is 295 Å². The first-order chi connectivity index (χ1) is 23.2. The Hall–Kier alpha value is -3.60. The van der Waals surface area contributed by atoms with Crippen molar-refractivity contribution in [2.45, 2.75) is 91.0 Å². The molecule has 0 aromatic heterocycles. The molecule has 2 N–H and O–H groups in total. The van der Waals surface area contributed by atoms with Crippen molar-refractivity contribution in [3.8, 4) is 5.75 Å². The molecule has 1 aliphatic rings. The first kappa shape index (κ1) is 42.6. The number of ether oxygens (including phenoxy) is 2. The van der Waals surface area contributed by atoms with Crippen molar-refractivity contribution in [3.63, 3.8) is 0 Å². The molecular weight excluding hydrogens is 689 g/mol. The second kappa shape index (κ2) is 18.6. The molecule has 0 radical (unpaired) electrons. The lowest BCUT2D eigenvalue weighted by Gasteiger charge is -2.37. The van der Waals surface area contributed by atoms with Crippen LogP contribution >= 0.6 is 12.6 Å². The van der Waals surface area contributed by atoms with Crippen LogP contribution in [0.2, 0.25) is 0 Å². The molecule has 50 heavy (non-hydrogen) atoms. The van der Waals surface area contributed by atoms with Gasteiger partial charge in [-0.2, -0.15) is 8.78 Å². The van der Waals surface area contributed by atoms with E-state index in [9.17, 15) is 41.1 Å². The fourth-order valence-corrected chi connectivity index (χ4v) is 5.58. The summed E-state index contributed by atoms with van der Waals surface area (Å²) in [6.07, 6.45) is 2.25. The molecule has 1 fully saturated rings. The third-order valence-electron chi connectivity index (χ3n) is 8.41. The second-order valence-electron chi connectivity index (χ2n) is 13.3. The summed E-state index contributed by atoms with van der Waals surface area (Å²) >= 11 is 3.95. The van der Waals surface area contributed by atoms with E-state index in [1.54, 1.807) is 27.7 Å². The average molecular weight is 738 g/mol. The van der Waals surface area contributed by atoms with Gasteiger partial charge in [0.25, 0.3) is 0 Å². The fraction of sp³-hybridized carbons (Fsp3) is 0.636. The summed E-state index contributed by atoms with van der Waals surface area (Å²) in [5, 5.41) is 6.56. The van der Waals surface area contributed by atoms with Crippen molar-refractivity contribution in [2.24, 2.45) is 5.92 Å². The van der Waals surface area contributed by atoms with Gasteiger partial charge in [-0.05, 0) is 58.4 Å². The highest BCUT2D eigenvalue weighted by atomic mass is 32.1. The Morgan fingerprint density at radius 2 is 1.58 bits per heavy atom. The number of halogens is 5. The number of alkyl carbamates (subject to hydrolysis) is 1. The molecule has 1 aromatic rings. The molecule has 0 spiro atoms. The number of carbonyl (C=O) groups is 4. The zero-order valence-corrected chi connectivity index (χ0v) is 30.6. The summed E-state index contributed by atoms with van der Waals surface area (Å²) in [6, 6.07) is -2.10. The van der Waals surface area contributed by atoms with E-state index in [0.717, 1.165) is 18.2 Å². The van der Waals surface area contributed by atoms with Gasteiger partial charge in [0.15, 0.2) is 0 Å². The van der Waals surface area contributed by atoms with Crippen LogP contribution < -0.4 is 15.4 Å². The minimum atomic E-state index is -2.40. The third kappa shape index (κ3) is 11.2. The van der Waals surface area contributed by atoms with Crippen LogP contribution in [-0.4, -0.2) is 103 Å². The number of likely N-dealkylation sites (tertiary alicyclic amines) is 1. The van der Waals surface area contributed by atoms with E-state index >= 15 is 0 Å². The molecule has 282 valence electrons. The Kier molecular flexibility index (Phi) is 15.8. The van der Waals surface area contributed by atoms with Gasteiger partial charge in [-0.25, -0.2) is 22.8 Å². The number of hydrogen-bond donors (Lipinski definition) is 3. The Bertz CT molecular complexity index is 1400. The van der Waals surface area contributed by atoms with Crippen LogP contribution in [0.25, 0.3) is 0 Å². The largest absolute Gasteiger partial charge is 0.444 e. The quantitative estimate of drug-likeness (QED) is 0.0477. The van der Waals surface area contributed by atoms with E-state index in [0.29, 0.717) is 25.9 Å². The van der Waals surface area contributed by atoms with Gasteiger partial charge in [0.1, 0.15) is 17.3 Å². The predicted octanol–water partition coefficient (Wildman–Crippen LogP) is 4.75. The van der Waals surface area contributed by atoms with Crippen molar-refractivity contribution >= 4 is 36.5 Å². The van der Waals surface area contributed by atoms with Gasteiger partial charge in [-0.15, -0.1) is 12.6 Å². The van der Waals surface area contributed by atoms with Crippen LogP contribution in [-0.2, 0) is 19.1 Å². The number of nitrogens with one attached hydrogen (secondary N) is 2. The first-order valence-corrected chi connectivity index (χ1v) is 16.8. The second-order valence-corrected chi connectivity index (χ2v) is 13.6. The summed E-state index contributed by atoms with van der Waals surface area (Å²) < 4.78 is 78.8. The summed E-state index contributed by atoms with van der Waals surface area (Å²) in [6.45, 7) is 11.9. The molecule has 2 rings (SSSR count). The number of rotatable bonds is 14. The maximum absolute atomic E-state index is 14.1. The number of likely N-dealkylation sites (N-methyl/N-ethyl adjacent to an activating group) is 2. The SMILES string of the molecule is CC[C@H](C)[C@H](NC(=O)[C@H]1CCCCN1CCNC(=O)OC(C)(C)C)C(=O)N(C)CC(C)N(C)/C(=C\S)C(=O)Oc1c(F)c(F)c(F)c(F)c1F. The number of amides is 3. The maximum Gasteiger partial charge on any atom is 0.407 e. The van der Waals surface area contributed by atoms with Crippen LogP contribution in [0.15, 0.2) is 11.1 Å². The highest BCUT2D eigenvalue weighted by Gasteiger charge is 2.36. The van der Waals surface area contributed by atoms with E-state index in [-0.39, 0.29) is 24.9 Å². The molecule has 17 heteroatoms. The smallest absolute Gasteiger partial charge is 0.407 e. The van der Waals surface area contributed by atoms with Gasteiger partial charge in [-0.1, -0.05) is 26.7 Å². The van der Waals surface area contributed by atoms with Gasteiger partial charge < -0.3 is 29.9 Å². The normalized spacial score (nSPS) is 17.3. The first-order valence-electron chi connectivity index (χ1n) is 16.3. The molecule has 4 atom stereocenters. The molecule has 1 saturated heterocycles. The standard InChI is InChI=1S/C33H48F5N5O6S/c1-9-18(2)27(40-29(44)20-12-10-11-14-43(20)15-13-39-32(47)49-33(4,5)6)30(45)41(7)16-19(3)42(8)21(17-50)31(46)48-28-25(37)23(35)22(34)24(36)26(28)38/h17-20,27,50H,9-16H2,1-8H3,(H,39,47)(H,40,44)/b21-17-/t18-,19?,20+,27-/m0/s1. The lowest BCUT2D eigenvalue weighted by Crippen LogP contribution is -2.58. The number of piperidine rings is 1. The van der Waals surface area contributed by atoms with E-state index in [4.69, 9.17) is 4.74 Å². The van der Waals surface area contributed by atoms with Gasteiger partial charge in [0.2, 0.25) is 46.6 Å². The Morgan fingerprint density at radius 3 is 2.12 bits per heavy atom. The predicted molar refractivity (Wildman–Crippen MR) is 179 cm³/mol. The van der Waals surface area contributed by atoms with Crippen molar-refractivity contribution in [1.82, 2.24) is 25.3 Å². The maximum atomic E-state index is 14.1. The Morgan fingerprint density at radius 1 is 1.00 bits per heavy atom. The molecule has 1 aliphatic heterocycles. The third-order valence-corrected chi connectivity index (χ3v) is 8.66. The average Bonchev–Trinajstić information content (AvgIpc) is 3.06. The van der Waals surface area contributed by atoms with E-state index in [2.05, 4.69) is 28.0 Å². The summed E-state index contributed by atoms with van der Waals surface area (Å²) in [5.41, 5.74) is -1.06. The molecule has 3 amide bonds. The minimum absolute atomic E-state index is 0.0229. The molecular formula is C33H48F5N5O6S. The van der Waals surface area contributed by atoms with Crippen molar-refractivity contribution < 1.29 is 50.6 Å². The zero-order valence-electron chi connectivity index (χ0n) is 29.7. The minimum Gasteiger partial charge on any atom is -0.444 e. The van der Waals surface area contributed by atoms with Crippen LogP contribution in [0.1, 0.15) is 67.2 Å². The van der Waals surface area contributed by atoms with Crippen LogP contribution in [0, 0.1) is 35.0 Å². The molecule has 1 aromatic carbocycles. The topological polar surface area (TPSA) is 121 Å². The lowest BCUT2D eigenvalue weighted by molar-refractivity contribution is -0.139. The summed E-state index contributed by atoms with van der Waals surface area (Å²) in [4.78, 5) is 56.8. The van der Waals surface area contributed by atoms with Crippen molar-refractivity contribution in [2.75, 3.05) is 40.3 Å². The van der Waals surface area contributed by atoms with Gasteiger partial charge >= 0.3 is 12.1 Å². The molecule has 0 bridgehead atoms. The summed E-state index contributed by atoms with van der Waals surface area (Å²) in [7, 11) is 2.88. The number of carbonyl (C=O) groups excluding carboxylic acids is 4. The van der Waals surface area contributed by atoms with Crippen molar-refractivity contribution in [1.29, 1.82) is 0 Å². The molecule has 0 saturated carbocycles. The highest BCUT2D eigenvalue weighted by molar-refractivity contribution is 7.83. The molecule has 1 heterocycles. The number of thiol groups is 1. The number of esters is 1. The zero-order chi connectivity index (χ0) is 38.1. The van der Waals surface area contributed by atoms with E-state index in [1.807, 2.05) is 18.7 Å². The number of hydrogen-bond acceptors (Lipinski definition) is 9. The monoisotopic (exact) mass is 737 g/mol. The van der Waals surface area contributed by atoms with E-state index in [1.165, 1.54) is 23.9 Å². The van der Waals surface area contributed by atoms with Gasteiger partial charge in [0, 0.05) is 39.8 Å². The van der Waals surface area contributed by atoms with E-state index < -0.39 is 82.2 Å². The highest BCUT2D eigenvalue weighted by Crippen LogP contribution is 2.30. The molecule has 1 unspecified atom stereocenters. The van der Waals surface area contributed by atoms with Crippen molar-refractivity contribution in [3.05, 3.63) is 40.2 Å². The summed E-state index contributed by atoms with van der Waals surface area (Å²) in [5.74, 6) is -15.8. The van der Waals surface area contributed by atoms with Gasteiger partial charge in [0.05, 0.1) is 6.04 Å². The molecule has 11 nitrogen and oxygen atoms in total. The number of nitrogens with zero attached hydrogens (tertiary/aromatic N) is 3. The van der Waals surface area contributed by atoms with Crippen LogP contribution in [0.4, 0.5) is 26.7 Å². The fourth-order valence-electron chi connectivity index (χ4n) is 5.29. The van der Waals surface area contributed by atoms with Crippen LogP contribution in [0.5, 0.6) is 5.75 Å². The lowest BCUT2D eigenvalue weighted by atomic mass is 9.95. The van der Waals surface area contributed by atoms with Crippen LogP contribution in [0.3, 0.4) is 0 Å². The van der Waals surface area contributed by atoms with Gasteiger partial charge in [-0.3, -0.25) is 14.5 Å². The molecule has 0 aliphatic carbocycles. The number of benzene rings is 1.